The fourth-order valence-corrected chi connectivity index (χ4v) is 4.06. The third-order valence-electron chi connectivity index (χ3n) is 5.08. The Morgan fingerprint density at radius 3 is 2.74 bits per heavy atom. The molecule has 2 atom stereocenters. The summed E-state index contributed by atoms with van der Waals surface area (Å²) in [6.07, 6.45) is 5.38. The number of nitrogens with zero attached hydrogens (tertiary/aromatic N) is 2. The molecule has 1 aliphatic heterocycles. The number of halogens is 2. The fourth-order valence-electron chi connectivity index (χ4n) is 3.51. The van der Waals surface area contributed by atoms with Crippen molar-refractivity contribution < 1.29 is 19.0 Å². The third-order valence-corrected chi connectivity index (χ3v) is 5.63. The van der Waals surface area contributed by atoms with Gasteiger partial charge >= 0.3 is 0 Å². The van der Waals surface area contributed by atoms with Crippen molar-refractivity contribution in [1.82, 2.24) is 9.55 Å². The highest BCUT2D eigenvalue weighted by Gasteiger charge is 2.45. The van der Waals surface area contributed by atoms with Gasteiger partial charge in [0, 0.05) is 35.0 Å². The molecule has 3 aromatic rings. The third kappa shape index (κ3) is 4.93. The first-order valence-electron chi connectivity index (χ1n) is 9.98. The largest absolute Gasteiger partial charge is 0.491 e. The standard InChI is InChI=1S/C23H22Cl2N2O4/c1-2-22(28)16-3-6-18(7-4-16)29-12-19-13-30-23(31-19,14-27-10-9-26-15-27)20-8-5-17(24)11-21(20)25/h3-11,15,19H,2,12-14H2,1H3/t19-,23-/m1/s1. The van der Waals surface area contributed by atoms with Crippen LogP contribution in [-0.4, -0.2) is 34.7 Å². The number of ketones is 1. The molecular weight excluding hydrogens is 439 g/mol. The van der Waals surface area contributed by atoms with E-state index in [1.165, 1.54) is 0 Å². The molecule has 0 aliphatic carbocycles. The lowest BCUT2D eigenvalue weighted by Crippen LogP contribution is -2.34. The van der Waals surface area contributed by atoms with Crippen LogP contribution in [0.4, 0.5) is 0 Å². The summed E-state index contributed by atoms with van der Waals surface area (Å²) < 4.78 is 20.3. The number of imidazole rings is 1. The highest BCUT2D eigenvalue weighted by Crippen LogP contribution is 2.40. The van der Waals surface area contributed by atoms with Gasteiger partial charge in [-0.1, -0.05) is 36.2 Å². The number of benzene rings is 2. The summed E-state index contributed by atoms with van der Waals surface area (Å²) in [7, 11) is 0. The Balaban J connectivity index is 1.48. The van der Waals surface area contributed by atoms with Crippen molar-refractivity contribution in [2.24, 2.45) is 0 Å². The van der Waals surface area contributed by atoms with E-state index < -0.39 is 5.79 Å². The molecule has 31 heavy (non-hydrogen) atoms. The first-order valence-corrected chi connectivity index (χ1v) is 10.7. The van der Waals surface area contributed by atoms with Crippen LogP contribution in [0.1, 0.15) is 29.3 Å². The highest BCUT2D eigenvalue weighted by atomic mass is 35.5. The lowest BCUT2D eigenvalue weighted by Gasteiger charge is -2.30. The van der Waals surface area contributed by atoms with Gasteiger partial charge in [0.15, 0.2) is 5.78 Å². The van der Waals surface area contributed by atoms with E-state index in [9.17, 15) is 4.79 Å². The Kier molecular flexibility index (Phi) is 6.62. The second-order valence-electron chi connectivity index (χ2n) is 7.28. The molecule has 0 spiro atoms. The summed E-state index contributed by atoms with van der Waals surface area (Å²) in [5.74, 6) is -0.329. The average molecular weight is 461 g/mol. The molecule has 0 bridgehead atoms. The van der Waals surface area contributed by atoms with Gasteiger partial charge in [0.2, 0.25) is 5.79 Å². The quantitative estimate of drug-likeness (QED) is 0.436. The molecule has 8 heteroatoms. The lowest BCUT2D eigenvalue weighted by molar-refractivity contribution is -0.189. The highest BCUT2D eigenvalue weighted by molar-refractivity contribution is 6.35. The summed E-state index contributed by atoms with van der Waals surface area (Å²) in [6, 6.07) is 12.3. The Morgan fingerprint density at radius 1 is 1.26 bits per heavy atom. The van der Waals surface area contributed by atoms with E-state index >= 15 is 0 Å². The minimum atomic E-state index is -1.09. The first-order chi connectivity index (χ1) is 15.0. The normalized spacial score (nSPS) is 20.7. The summed E-state index contributed by atoms with van der Waals surface area (Å²) in [5.41, 5.74) is 1.37. The van der Waals surface area contributed by atoms with Gasteiger partial charge in [-0.25, -0.2) is 4.98 Å². The van der Waals surface area contributed by atoms with Gasteiger partial charge < -0.3 is 18.8 Å². The number of carbonyl (C=O) groups is 1. The molecule has 2 aromatic carbocycles. The van der Waals surface area contributed by atoms with Crippen molar-refractivity contribution in [1.29, 1.82) is 0 Å². The van der Waals surface area contributed by atoms with Crippen molar-refractivity contribution in [3.8, 4) is 5.75 Å². The maximum atomic E-state index is 11.8. The van der Waals surface area contributed by atoms with Gasteiger partial charge in [0.25, 0.3) is 0 Å². The minimum Gasteiger partial charge on any atom is -0.491 e. The molecule has 0 N–H and O–H groups in total. The van der Waals surface area contributed by atoms with Gasteiger partial charge in [-0.3, -0.25) is 4.79 Å². The van der Waals surface area contributed by atoms with Crippen LogP contribution in [0.2, 0.25) is 10.0 Å². The molecule has 0 unspecified atom stereocenters. The number of carbonyl (C=O) groups excluding carboxylic acids is 1. The molecule has 1 fully saturated rings. The molecule has 0 radical (unpaired) electrons. The van der Waals surface area contributed by atoms with Crippen molar-refractivity contribution in [2.45, 2.75) is 31.8 Å². The fraction of sp³-hybridized carbons (Fsp3) is 0.304. The van der Waals surface area contributed by atoms with Gasteiger partial charge in [-0.05, 0) is 36.4 Å². The molecule has 1 saturated heterocycles. The summed E-state index contributed by atoms with van der Waals surface area (Å²) in [6.45, 7) is 2.84. The number of hydrogen-bond acceptors (Lipinski definition) is 5. The van der Waals surface area contributed by atoms with Gasteiger partial charge in [-0.15, -0.1) is 0 Å². The van der Waals surface area contributed by atoms with Crippen LogP contribution in [0.15, 0.2) is 61.2 Å². The van der Waals surface area contributed by atoms with E-state index in [1.807, 2.05) is 23.8 Å². The Bertz CT molecular complexity index is 1040. The van der Waals surface area contributed by atoms with Crippen LogP contribution in [0.25, 0.3) is 0 Å². The first kappa shape index (κ1) is 21.8. The Morgan fingerprint density at radius 2 is 2.06 bits per heavy atom. The predicted molar refractivity (Wildman–Crippen MR) is 118 cm³/mol. The maximum absolute atomic E-state index is 11.8. The van der Waals surface area contributed by atoms with E-state index in [0.717, 1.165) is 0 Å². The molecular formula is C23H22Cl2N2O4. The van der Waals surface area contributed by atoms with E-state index in [1.54, 1.807) is 48.9 Å². The Labute approximate surface area is 190 Å². The Hall–Kier alpha value is -2.38. The van der Waals surface area contributed by atoms with Crippen LogP contribution in [-0.2, 0) is 21.8 Å². The van der Waals surface area contributed by atoms with Crippen molar-refractivity contribution in [3.63, 3.8) is 0 Å². The van der Waals surface area contributed by atoms with Crippen molar-refractivity contribution in [3.05, 3.63) is 82.4 Å². The van der Waals surface area contributed by atoms with Gasteiger partial charge in [0.1, 0.15) is 18.5 Å². The molecule has 0 saturated carbocycles. The molecule has 4 rings (SSSR count). The second kappa shape index (κ2) is 9.40. The molecule has 0 amide bonds. The van der Waals surface area contributed by atoms with Gasteiger partial charge in [0.05, 0.1) is 24.5 Å². The van der Waals surface area contributed by atoms with Gasteiger partial charge in [-0.2, -0.15) is 0 Å². The summed E-state index contributed by atoms with van der Waals surface area (Å²) in [5, 5.41) is 1.000. The van der Waals surface area contributed by atoms with Crippen LogP contribution < -0.4 is 4.74 Å². The van der Waals surface area contributed by atoms with Crippen LogP contribution in [0.3, 0.4) is 0 Å². The second-order valence-corrected chi connectivity index (χ2v) is 8.12. The topological polar surface area (TPSA) is 62.6 Å². The zero-order valence-corrected chi connectivity index (χ0v) is 18.5. The predicted octanol–water partition coefficient (Wildman–Crippen LogP) is 5.13. The van der Waals surface area contributed by atoms with E-state index in [4.69, 9.17) is 37.4 Å². The smallest absolute Gasteiger partial charge is 0.215 e. The molecule has 1 aliphatic rings. The molecule has 1 aromatic heterocycles. The zero-order valence-electron chi connectivity index (χ0n) is 17.0. The molecule has 6 nitrogen and oxygen atoms in total. The average Bonchev–Trinajstić information content (AvgIpc) is 3.43. The zero-order chi connectivity index (χ0) is 21.8. The number of hydrogen-bond donors (Lipinski definition) is 0. The monoisotopic (exact) mass is 460 g/mol. The van der Waals surface area contributed by atoms with Crippen LogP contribution >= 0.6 is 23.2 Å². The summed E-state index contributed by atoms with van der Waals surface area (Å²) >= 11 is 12.6. The maximum Gasteiger partial charge on any atom is 0.215 e. The van der Waals surface area contributed by atoms with E-state index in [0.29, 0.717) is 46.5 Å². The number of rotatable bonds is 8. The molecule has 2 heterocycles. The number of Topliss-reactive ketones (excluding diaryl/α,β-unsaturated/α-hetero) is 1. The number of aromatic nitrogens is 2. The lowest BCUT2D eigenvalue weighted by atomic mass is 10.1. The molecule has 162 valence electrons. The van der Waals surface area contributed by atoms with Crippen molar-refractivity contribution in [2.75, 3.05) is 13.2 Å². The van der Waals surface area contributed by atoms with E-state index in [2.05, 4.69) is 4.98 Å². The minimum absolute atomic E-state index is 0.100. The SMILES string of the molecule is CCC(=O)c1ccc(OC[C@@H]2CO[C@@](Cn3ccnc3)(c3ccc(Cl)cc3Cl)O2)cc1. The van der Waals surface area contributed by atoms with Crippen molar-refractivity contribution >= 4 is 29.0 Å². The number of ether oxygens (including phenoxy) is 3. The van der Waals surface area contributed by atoms with Crippen LogP contribution in [0.5, 0.6) is 5.75 Å². The van der Waals surface area contributed by atoms with Crippen LogP contribution in [0, 0.1) is 0 Å². The van der Waals surface area contributed by atoms with E-state index in [-0.39, 0.29) is 18.5 Å². The summed E-state index contributed by atoms with van der Waals surface area (Å²) in [4.78, 5) is 15.9.